The van der Waals surface area contributed by atoms with Gasteiger partial charge >= 0.3 is 0 Å². The van der Waals surface area contributed by atoms with Gasteiger partial charge in [0.05, 0.1) is 6.54 Å². The van der Waals surface area contributed by atoms with Gasteiger partial charge < -0.3 is 5.32 Å². The van der Waals surface area contributed by atoms with Crippen molar-refractivity contribution < 1.29 is 0 Å². The van der Waals surface area contributed by atoms with Gasteiger partial charge in [0.15, 0.2) is 3.92 Å². The third-order valence-electron chi connectivity index (χ3n) is 2.03. The molecule has 0 aliphatic heterocycles. The van der Waals surface area contributed by atoms with Gasteiger partial charge in [-0.15, -0.1) is 21.5 Å². The van der Waals surface area contributed by atoms with Crippen LogP contribution in [0, 0.1) is 13.8 Å². The maximum atomic E-state index is 3.98. The Bertz CT molecular complexity index is 444. The van der Waals surface area contributed by atoms with Crippen molar-refractivity contribution in [3.05, 3.63) is 25.3 Å². The SMILES string of the molecule is Cc1cc(CNc2nnc(Br)s2)sc1C. The van der Waals surface area contributed by atoms with Crippen LogP contribution in [0.4, 0.5) is 5.13 Å². The maximum absolute atomic E-state index is 3.98. The van der Waals surface area contributed by atoms with Crippen LogP contribution in [0.5, 0.6) is 0 Å². The number of thiophene rings is 1. The Morgan fingerprint density at radius 3 is 2.67 bits per heavy atom. The first-order valence-electron chi connectivity index (χ1n) is 4.44. The summed E-state index contributed by atoms with van der Waals surface area (Å²) in [6, 6.07) is 2.21. The zero-order chi connectivity index (χ0) is 10.8. The van der Waals surface area contributed by atoms with Crippen molar-refractivity contribution >= 4 is 43.7 Å². The van der Waals surface area contributed by atoms with Crippen LogP contribution in [-0.2, 0) is 6.54 Å². The van der Waals surface area contributed by atoms with E-state index in [1.807, 2.05) is 11.3 Å². The number of rotatable bonds is 3. The number of halogens is 1. The molecule has 0 saturated carbocycles. The van der Waals surface area contributed by atoms with Crippen LogP contribution in [0.3, 0.4) is 0 Å². The maximum Gasteiger partial charge on any atom is 0.206 e. The summed E-state index contributed by atoms with van der Waals surface area (Å²) in [5.74, 6) is 0. The van der Waals surface area contributed by atoms with E-state index < -0.39 is 0 Å². The summed E-state index contributed by atoms with van der Waals surface area (Å²) in [7, 11) is 0. The van der Waals surface area contributed by atoms with Crippen molar-refractivity contribution in [3.63, 3.8) is 0 Å². The van der Waals surface area contributed by atoms with E-state index in [2.05, 4.69) is 51.4 Å². The molecule has 0 aliphatic carbocycles. The van der Waals surface area contributed by atoms with Crippen molar-refractivity contribution in [2.45, 2.75) is 20.4 Å². The lowest BCUT2D eigenvalue weighted by atomic mass is 10.3. The summed E-state index contributed by atoms with van der Waals surface area (Å²) in [5, 5.41) is 12.0. The van der Waals surface area contributed by atoms with E-state index in [1.54, 1.807) is 0 Å². The largest absolute Gasteiger partial charge is 0.355 e. The van der Waals surface area contributed by atoms with Crippen LogP contribution in [0.25, 0.3) is 0 Å². The normalized spacial score (nSPS) is 10.6. The Morgan fingerprint density at radius 2 is 2.13 bits per heavy atom. The molecular formula is C9H10BrN3S2. The molecule has 0 aromatic carbocycles. The van der Waals surface area contributed by atoms with Crippen LogP contribution in [0.1, 0.15) is 15.3 Å². The van der Waals surface area contributed by atoms with Crippen molar-refractivity contribution in [2.24, 2.45) is 0 Å². The van der Waals surface area contributed by atoms with Crippen molar-refractivity contribution in [1.29, 1.82) is 0 Å². The first-order valence-corrected chi connectivity index (χ1v) is 6.86. The topological polar surface area (TPSA) is 37.8 Å². The van der Waals surface area contributed by atoms with Gasteiger partial charge in [0.2, 0.25) is 5.13 Å². The molecule has 0 spiro atoms. The van der Waals surface area contributed by atoms with Crippen molar-refractivity contribution in [3.8, 4) is 0 Å². The highest BCUT2D eigenvalue weighted by atomic mass is 79.9. The molecule has 0 unspecified atom stereocenters. The predicted octanol–water partition coefficient (Wildman–Crippen LogP) is 3.59. The van der Waals surface area contributed by atoms with E-state index in [0.717, 1.165) is 15.6 Å². The number of hydrogen-bond acceptors (Lipinski definition) is 5. The van der Waals surface area contributed by atoms with Crippen LogP contribution in [-0.4, -0.2) is 10.2 Å². The number of hydrogen-bond donors (Lipinski definition) is 1. The van der Waals surface area contributed by atoms with Crippen LogP contribution in [0.2, 0.25) is 0 Å². The van der Waals surface area contributed by atoms with Gasteiger partial charge in [-0.25, -0.2) is 0 Å². The second kappa shape index (κ2) is 4.59. The molecule has 6 heteroatoms. The van der Waals surface area contributed by atoms with Gasteiger partial charge in [-0.1, -0.05) is 11.3 Å². The fourth-order valence-electron chi connectivity index (χ4n) is 1.18. The standard InChI is InChI=1S/C9H10BrN3S2/c1-5-3-7(14-6(5)2)4-11-9-13-12-8(10)15-9/h3H,4H2,1-2H3,(H,11,13). The zero-order valence-corrected chi connectivity index (χ0v) is 11.6. The average Bonchev–Trinajstić information content (AvgIpc) is 2.72. The molecule has 0 fully saturated rings. The van der Waals surface area contributed by atoms with E-state index in [4.69, 9.17) is 0 Å². The van der Waals surface area contributed by atoms with E-state index in [0.29, 0.717) is 0 Å². The molecule has 1 N–H and O–H groups in total. The molecular weight excluding hydrogens is 294 g/mol. The summed E-state index contributed by atoms with van der Waals surface area (Å²) in [5.41, 5.74) is 1.36. The molecule has 80 valence electrons. The number of aryl methyl sites for hydroxylation is 2. The van der Waals surface area contributed by atoms with Crippen molar-refractivity contribution in [1.82, 2.24) is 10.2 Å². The summed E-state index contributed by atoms with van der Waals surface area (Å²) >= 11 is 6.61. The van der Waals surface area contributed by atoms with Crippen LogP contribution >= 0.6 is 38.6 Å². The molecule has 2 rings (SSSR count). The van der Waals surface area contributed by atoms with Crippen molar-refractivity contribution in [2.75, 3.05) is 5.32 Å². The molecule has 0 atom stereocenters. The third kappa shape index (κ3) is 2.76. The molecule has 3 nitrogen and oxygen atoms in total. The molecule has 0 amide bonds. The van der Waals surface area contributed by atoms with Crippen LogP contribution in [0.15, 0.2) is 9.98 Å². The molecule has 2 aromatic rings. The predicted molar refractivity (Wildman–Crippen MR) is 68.7 cm³/mol. The Morgan fingerprint density at radius 1 is 1.33 bits per heavy atom. The van der Waals surface area contributed by atoms with Gasteiger partial charge in [-0.3, -0.25) is 0 Å². The highest BCUT2D eigenvalue weighted by Crippen LogP contribution is 2.24. The third-order valence-corrected chi connectivity index (χ3v) is 4.50. The second-order valence-electron chi connectivity index (χ2n) is 3.17. The highest BCUT2D eigenvalue weighted by Gasteiger charge is 2.03. The lowest BCUT2D eigenvalue weighted by molar-refractivity contribution is 1.05. The minimum Gasteiger partial charge on any atom is -0.355 e. The fraction of sp³-hybridized carbons (Fsp3) is 0.333. The molecule has 2 aromatic heterocycles. The summed E-state index contributed by atoms with van der Waals surface area (Å²) < 4.78 is 0.809. The first kappa shape index (κ1) is 11.0. The first-order chi connectivity index (χ1) is 7.15. The number of nitrogens with one attached hydrogen (secondary N) is 1. The number of aromatic nitrogens is 2. The molecule has 0 aliphatic rings. The average molecular weight is 304 g/mol. The summed E-state index contributed by atoms with van der Waals surface area (Å²) in [6.07, 6.45) is 0. The zero-order valence-electron chi connectivity index (χ0n) is 8.37. The van der Waals surface area contributed by atoms with Gasteiger partial charge in [0, 0.05) is 9.75 Å². The second-order valence-corrected chi connectivity index (χ2v) is 6.76. The Balaban J connectivity index is 1.99. The molecule has 15 heavy (non-hydrogen) atoms. The Labute approximate surface area is 105 Å². The van der Waals surface area contributed by atoms with Crippen LogP contribution < -0.4 is 5.32 Å². The lowest BCUT2D eigenvalue weighted by Gasteiger charge is -1.97. The van der Waals surface area contributed by atoms with E-state index in [1.165, 1.54) is 26.7 Å². The Hall–Kier alpha value is -0.460. The molecule has 0 saturated heterocycles. The van der Waals surface area contributed by atoms with E-state index in [-0.39, 0.29) is 0 Å². The monoisotopic (exact) mass is 303 g/mol. The van der Waals surface area contributed by atoms with Gasteiger partial charge in [-0.2, -0.15) is 0 Å². The molecule has 0 bridgehead atoms. The molecule has 0 radical (unpaired) electrons. The van der Waals surface area contributed by atoms with E-state index in [9.17, 15) is 0 Å². The number of nitrogens with zero attached hydrogens (tertiary/aromatic N) is 2. The molecule has 2 heterocycles. The lowest BCUT2D eigenvalue weighted by Crippen LogP contribution is -1.96. The minimum absolute atomic E-state index is 0.809. The highest BCUT2D eigenvalue weighted by molar-refractivity contribution is 9.11. The minimum atomic E-state index is 0.809. The summed E-state index contributed by atoms with van der Waals surface area (Å²) in [6.45, 7) is 5.10. The Kier molecular flexibility index (Phi) is 3.38. The van der Waals surface area contributed by atoms with Gasteiger partial charge in [-0.05, 0) is 41.4 Å². The fourth-order valence-corrected chi connectivity index (χ4v) is 3.18. The summed E-state index contributed by atoms with van der Waals surface area (Å²) in [4.78, 5) is 2.71. The van der Waals surface area contributed by atoms with E-state index >= 15 is 0 Å². The quantitative estimate of drug-likeness (QED) is 0.941. The van der Waals surface area contributed by atoms with Gasteiger partial charge in [0.1, 0.15) is 0 Å². The number of anilines is 1. The van der Waals surface area contributed by atoms with Gasteiger partial charge in [0.25, 0.3) is 0 Å². The smallest absolute Gasteiger partial charge is 0.206 e.